The third kappa shape index (κ3) is 2.39. The molecular weight excluding hydrogens is 280 g/mol. The lowest BCUT2D eigenvalue weighted by molar-refractivity contribution is 0.771. The Morgan fingerprint density at radius 3 is 2.50 bits per heavy atom. The van der Waals surface area contributed by atoms with Crippen molar-refractivity contribution in [3.8, 4) is 5.95 Å². The topological polar surface area (TPSA) is 97.8 Å². The van der Waals surface area contributed by atoms with Gasteiger partial charge in [0.15, 0.2) is 0 Å². The fraction of sp³-hybridized carbons (Fsp3) is 0.455. The molecule has 9 heteroatoms. The van der Waals surface area contributed by atoms with E-state index in [1.54, 1.807) is 6.20 Å². The van der Waals surface area contributed by atoms with Gasteiger partial charge in [-0.1, -0.05) is 11.6 Å². The van der Waals surface area contributed by atoms with Crippen LogP contribution in [-0.2, 0) is 0 Å². The third-order valence-electron chi connectivity index (χ3n) is 3.17. The third-order valence-corrected chi connectivity index (χ3v) is 3.54. The minimum absolute atomic E-state index is 0.307. The maximum atomic E-state index is 6.01. The van der Waals surface area contributed by atoms with Crippen LogP contribution >= 0.6 is 11.6 Å². The quantitative estimate of drug-likeness (QED) is 0.641. The van der Waals surface area contributed by atoms with Gasteiger partial charge in [-0.15, -0.1) is 0 Å². The minimum Gasteiger partial charge on any atom is -0.341 e. The first-order chi connectivity index (χ1) is 9.67. The Bertz CT molecular complexity index is 599. The van der Waals surface area contributed by atoms with E-state index in [9.17, 15) is 0 Å². The van der Waals surface area contributed by atoms with Crippen LogP contribution in [0.25, 0.3) is 5.95 Å². The van der Waals surface area contributed by atoms with E-state index in [-0.39, 0.29) is 0 Å². The number of aromatic nitrogens is 5. The van der Waals surface area contributed by atoms with E-state index in [1.807, 2.05) is 6.92 Å². The van der Waals surface area contributed by atoms with Gasteiger partial charge in [0.25, 0.3) is 5.95 Å². The molecule has 1 saturated heterocycles. The lowest BCUT2D eigenvalue weighted by Gasteiger charge is -2.16. The zero-order valence-corrected chi connectivity index (χ0v) is 11.8. The van der Waals surface area contributed by atoms with Gasteiger partial charge in [-0.25, -0.2) is 10.5 Å². The van der Waals surface area contributed by atoms with Crippen LogP contribution in [0.4, 0.5) is 11.9 Å². The lowest BCUT2D eigenvalue weighted by Crippen LogP contribution is -2.23. The number of anilines is 2. The molecule has 20 heavy (non-hydrogen) atoms. The molecule has 0 unspecified atom stereocenters. The highest BCUT2D eigenvalue weighted by Gasteiger charge is 2.18. The standard InChI is InChI=1S/C11H15ClN8/c1-7-8(12)6-20(18-7)11-15-9(17-13)14-10(16-11)19-4-2-3-5-19/h6H,2-5,13H2,1H3,(H,14,15,16,17). The Balaban J connectivity index is 2.03. The lowest BCUT2D eigenvalue weighted by atomic mass is 10.4. The van der Waals surface area contributed by atoms with Gasteiger partial charge in [-0.3, -0.25) is 5.43 Å². The molecule has 8 nitrogen and oxygen atoms in total. The second-order valence-electron chi connectivity index (χ2n) is 4.60. The molecule has 0 bridgehead atoms. The molecule has 1 aliphatic heterocycles. The summed E-state index contributed by atoms with van der Waals surface area (Å²) in [4.78, 5) is 15.0. The maximum Gasteiger partial charge on any atom is 0.257 e. The summed E-state index contributed by atoms with van der Waals surface area (Å²) in [5, 5.41) is 4.83. The van der Waals surface area contributed by atoms with E-state index in [2.05, 4.69) is 30.4 Å². The normalized spacial score (nSPS) is 14.8. The average Bonchev–Trinajstić information content (AvgIpc) is 3.09. The van der Waals surface area contributed by atoms with Crippen molar-refractivity contribution in [1.82, 2.24) is 24.7 Å². The zero-order chi connectivity index (χ0) is 14.1. The summed E-state index contributed by atoms with van der Waals surface area (Å²) < 4.78 is 1.53. The number of aryl methyl sites for hydroxylation is 1. The molecule has 3 rings (SSSR count). The highest BCUT2D eigenvalue weighted by Crippen LogP contribution is 2.19. The van der Waals surface area contributed by atoms with Gasteiger partial charge in [0.2, 0.25) is 11.9 Å². The number of nitrogens with zero attached hydrogens (tertiary/aromatic N) is 6. The van der Waals surface area contributed by atoms with Crippen molar-refractivity contribution in [1.29, 1.82) is 0 Å². The second kappa shape index (κ2) is 5.22. The van der Waals surface area contributed by atoms with Crippen molar-refractivity contribution in [2.45, 2.75) is 19.8 Å². The van der Waals surface area contributed by atoms with Gasteiger partial charge >= 0.3 is 0 Å². The number of nitrogens with two attached hydrogens (primary N) is 1. The van der Waals surface area contributed by atoms with E-state index in [0.717, 1.165) is 31.6 Å². The number of nitrogen functional groups attached to an aromatic ring is 1. The predicted molar refractivity (Wildman–Crippen MR) is 76.0 cm³/mol. The van der Waals surface area contributed by atoms with E-state index in [4.69, 9.17) is 17.4 Å². The SMILES string of the molecule is Cc1nn(-c2nc(NN)nc(N3CCCC3)n2)cc1Cl. The van der Waals surface area contributed by atoms with E-state index < -0.39 is 0 Å². The molecule has 0 atom stereocenters. The van der Waals surface area contributed by atoms with Crippen molar-refractivity contribution in [3.05, 3.63) is 16.9 Å². The van der Waals surface area contributed by atoms with Gasteiger partial charge in [0.05, 0.1) is 16.9 Å². The Morgan fingerprint density at radius 1 is 1.20 bits per heavy atom. The van der Waals surface area contributed by atoms with Gasteiger partial charge in [0, 0.05) is 13.1 Å². The molecule has 3 heterocycles. The zero-order valence-electron chi connectivity index (χ0n) is 11.0. The molecule has 2 aromatic heterocycles. The molecule has 0 spiro atoms. The largest absolute Gasteiger partial charge is 0.341 e. The highest BCUT2D eigenvalue weighted by molar-refractivity contribution is 6.31. The molecule has 0 aliphatic carbocycles. The Kier molecular flexibility index (Phi) is 3.41. The monoisotopic (exact) mass is 294 g/mol. The number of rotatable bonds is 3. The van der Waals surface area contributed by atoms with E-state index in [1.165, 1.54) is 4.68 Å². The molecule has 1 fully saturated rings. The van der Waals surface area contributed by atoms with Crippen LogP contribution in [0.5, 0.6) is 0 Å². The summed E-state index contributed by atoms with van der Waals surface area (Å²) in [6.07, 6.45) is 3.94. The fourth-order valence-corrected chi connectivity index (χ4v) is 2.25. The highest BCUT2D eigenvalue weighted by atomic mass is 35.5. The van der Waals surface area contributed by atoms with Crippen LogP contribution in [0.1, 0.15) is 18.5 Å². The van der Waals surface area contributed by atoms with Gasteiger partial charge < -0.3 is 4.90 Å². The van der Waals surface area contributed by atoms with Crippen LogP contribution in [0.15, 0.2) is 6.20 Å². The summed E-state index contributed by atoms with van der Waals surface area (Å²) >= 11 is 6.01. The Labute approximate surface area is 120 Å². The Morgan fingerprint density at radius 2 is 1.90 bits per heavy atom. The first-order valence-corrected chi connectivity index (χ1v) is 6.75. The molecule has 0 amide bonds. The summed E-state index contributed by atoms with van der Waals surface area (Å²) in [7, 11) is 0. The van der Waals surface area contributed by atoms with Gasteiger partial charge in [-0.05, 0) is 19.8 Å². The fourth-order valence-electron chi connectivity index (χ4n) is 2.12. The number of hydrogen-bond donors (Lipinski definition) is 2. The second-order valence-corrected chi connectivity index (χ2v) is 5.01. The van der Waals surface area contributed by atoms with Crippen molar-refractivity contribution < 1.29 is 0 Å². The van der Waals surface area contributed by atoms with Gasteiger partial charge in [-0.2, -0.15) is 20.1 Å². The average molecular weight is 295 g/mol. The molecule has 1 aliphatic rings. The summed E-state index contributed by atoms with van der Waals surface area (Å²) in [6, 6.07) is 0. The van der Waals surface area contributed by atoms with Crippen molar-refractivity contribution in [2.75, 3.05) is 23.4 Å². The van der Waals surface area contributed by atoms with E-state index in [0.29, 0.717) is 22.9 Å². The predicted octanol–water partition coefficient (Wildman–Crippen LogP) is 0.905. The van der Waals surface area contributed by atoms with Crippen LogP contribution in [0, 0.1) is 6.92 Å². The van der Waals surface area contributed by atoms with Crippen molar-refractivity contribution in [2.24, 2.45) is 5.84 Å². The molecule has 0 radical (unpaired) electrons. The van der Waals surface area contributed by atoms with E-state index >= 15 is 0 Å². The first-order valence-electron chi connectivity index (χ1n) is 6.37. The summed E-state index contributed by atoms with van der Waals surface area (Å²) in [5.41, 5.74) is 3.18. The molecule has 2 aromatic rings. The maximum absolute atomic E-state index is 6.01. The van der Waals surface area contributed by atoms with Crippen LogP contribution in [0.2, 0.25) is 5.02 Å². The molecule has 0 aromatic carbocycles. The molecule has 3 N–H and O–H groups in total. The molecule has 106 valence electrons. The number of hydrazine groups is 1. The number of nitrogens with one attached hydrogen (secondary N) is 1. The summed E-state index contributed by atoms with van der Waals surface area (Å²) in [6.45, 7) is 3.70. The number of halogens is 1. The van der Waals surface area contributed by atoms with Gasteiger partial charge in [0.1, 0.15) is 0 Å². The Hall–Kier alpha value is -1.93. The number of hydrogen-bond acceptors (Lipinski definition) is 7. The summed E-state index contributed by atoms with van der Waals surface area (Å²) in [5.74, 6) is 6.72. The van der Waals surface area contributed by atoms with Crippen LogP contribution in [-0.4, -0.2) is 37.8 Å². The minimum atomic E-state index is 0.307. The van der Waals surface area contributed by atoms with Crippen LogP contribution in [0.3, 0.4) is 0 Å². The first kappa shape index (κ1) is 13.1. The van der Waals surface area contributed by atoms with Crippen LogP contribution < -0.4 is 16.2 Å². The molecule has 0 saturated carbocycles. The molecular formula is C11H15ClN8. The smallest absolute Gasteiger partial charge is 0.257 e. The van der Waals surface area contributed by atoms with Crippen molar-refractivity contribution in [3.63, 3.8) is 0 Å². The van der Waals surface area contributed by atoms with Crippen molar-refractivity contribution >= 4 is 23.5 Å².